The van der Waals surface area contributed by atoms with Crippen molar-refractivity contribution in [2.24, 2.45) is 0 Å². The fourth-order valence-corrected chi connectivity index (χ4v) is 1.95. The Labute approximate surface area is 108 Å². The second-order valence-corrected chi connectivity index (χ2v) is 4.11. The molecule has 4 heteroatoms. The Morgan fingerprint density at radius 2 is 2.00 bits per heavy atom. The van der Waals surface area contributed by atoms with Crippen LogP contribution in [0.25, 0.3) is 0 Å². The number of carbonyl (C=O) groups excluding carboxylic acids is 1. The fourth-order valence-electron chi connectivity index (χ4n) is 1.95. The lowest BCUT2D eigenvalue weighted by molar-refractivity contribution is 0.203. The van der Waals surface area contributed by atoms with Crippen molar-refractivity contribution in [3.8, 4) is 18.1 Å². The van der Waals surface area contributed by atoms with E-state index in [2.05, 4.69) is 11.2 Å². The van der Waals surface area contributed by atoms with Gasteiger partial charge in [-0.2, -0.15) is 0 Å². The number of terminal acetylenes is 1. The monoisotopic (exact) mass is 246 g/mol. The molecule has 96 valence electrons. The molecule has 0 saturated carbocycles. The Morgan fingerprint density at radius 3 is 2.44 bits per heavy atom. The number of hydrogen-bond donors (Lipinski definition) is 1. The number of ether oxygens (including phenoxy) is 1. The Morgan fingerprint density at radius 1 is 1.44 bits per heavy atom. The standard InChI is InChI=1S/C14H18N2O2/c1-6-7-16(5)13-10(2)8-12(9-11(13)3)18-14(17)15-4/h1,8-9H,7H2,2-5H3,(H,15,17). The molecule has 0 bridgehead atoms. The fraction of sp³-hybridized carbons (Fsp3) is 0.357. The van der Waals surface area contributed by atoms with Gasteiger partial charge in [0.05, 0.1) is 6.54 Å². The van der Waals surface area contributed by atoms with Crippen molar-refractivity contribution in [2.75, 3.05) is 25.5 Å². The van der Waals surface area contributed by atoms with Gasteiger partial charge >= 0.3 is 6.09 Å². The topological polar surface area (TPSA) is 41.6 Å². The van der Waals surface area contributed by atoms with Crippen molar-refractivity contribution in [3.05, 3.63) is 23.3 Å². The molecule has 1 aromatic carbocycles. The first-order chi connectivity index (χ1) is 8.49. The zero-order valence-corrected chi connectivity index (χ0v) is 11.2. The van der Waals surface area contributed by atoms with Crippen LogP contribution in [-0.4, -0.2) is 26.7 Å². The second-order valence-electron chi connectivity index (χ2n) is 4.11. The molecular formula is C14H18N2O2. The number of aryl methyl sites for hydroxylation is 2. The summed E-state index contributed by atoms with van der Waals surface area (Å²) in [4.78, 5) is 13.1. The van der Waals surface area contributed by atoms with E-state index < -0.39 is 6.09 Å². The molecule has 1 rings (SSSR count). The van der Waals surface area contributed by atoms with E-state index in [9.17, 15) is 4.79 Å². The lowest BCUT2D eigenvalue weighted by Crippen LogP contribution is -2.23. The number of anilines is 1. The van der Waals surface area contributed by atoms with Crippen molar-refractivity contribution < 1.29 is 9.53 Å². The summed E-state index contributed by atoms with van der Waals surface area (Å²) in [6.07, 6.45) is 4.84. The van der Waals surface area contributed by atoms with E-state index in [0.29, 0.717) is 12.3 Å². The van der Waals surface area contributed by atoms with Crippen molar-refractivity contribution in [2.45, 2.75) is 13.8 Å². The third-order valence-corrected chi connectivity index (χ3v) is 2.59. The lowest BCUT2D eigenvalue weighted by Gasteiger charge is -2.22. The molecule has 0 aromatic heterocycles. The van der Waals surface area contributed by atoms with Gasteiger partial charge in [-0.1, -0.05) is 5.92 Å². The van der Waals surface area contributed by atoms with Gasteiger partial charge in [-0.05, 0) is 37.1 Å². The predicted molar refractivity (Wildman–Crippen MR) is 73.1 cm³/mol. The molecule has 0 fully saturated rings. The van der Waals surface area contributed by atoms with Gasteiger partial charge in [0, 0.05) is 19.8 Å². The van der Waals surface area contributed by atoms with Gasteiger partial charge in [-0.3, -0.25) is 0 Å². The summed E-state index contributed by atoms with van der Waals surface area (Å²) in [5, 5.41) is 2.41. The van der Waals surface area contributed by atoms with Gasteiger partial charge in [0.2, 0.25) is 0 Å². The van der Waals surface area contributed by atoms with Crippen molar-refractivity contribution >= 4 is 11.8 Å². The Hall–Kier alpha value is -2.15. The molecule has 0 saturated heterocycles. The highest BCUT2D eigenvalue weighted by molar-refractivity contribution is 5.71. The van der Waals surface area contributed by atoms with Crippen molar-refractivity contribution in [1.82, 2.24) is 5.32 Å². The first-order valence-electron chi connectivity index (χ1n) is 5.65. The average Bonchev–Trinajstić information content (AvgIpc) is 2.28. The van der Waals surface area contributed by atoms with Crippen LogP contribution in [0.1, 0.15) is 11.1 Å². The maximum Gasteiger partial charge on any atom is 0.412 e. The van der Waals surface area contributed by atoms with Gasteiger partial charge in [0.15, 0.2) is 0 Å². The average molecular weight is 246 g/mol. The minimum atomic E-state index is -0.474. The molecule has 18 heavy (non-hydrogen) atoms. The van der Waals surface area contributed by atoms with Crippen LogP contribution in [0.3, 0.4) is 0 Å². The SMILES string of the molecule is C#CCN(C)c1c(C)cc(OC(=O)NC)cc1C. The Balaban J connectivity index is 3.05. The summed E-state index contributed by atoms with van der Waals surface area (Å²) in [6.45, 7) is 4.47. The highest BCUT2D eigenvalue weighted by atomic mass is 16.5. The first-order valence-corrected chi connectivity index (χ1v) is 5.65. The van der Waals surface area contributed by atoms with Crippen LogP contribution < -0.4 is 15.0 Å². The maximum atomic E-state index is 11.2. The minimum absolute atomic E-state index is 0.474. The first kappa shape index (κ1) is 13.9. The summed E-state index contributed by atoms with van der Waals surface area (Å²) < 4.78 is 5.11. The third kappa shape index (κ3) is 3.17. The molecule has 0 aliphatic rings. The number of rotatable bonds is 3. The van der Waals surface area contributed by atoms with Gasteiger partial charge < -0.3 is 15.0 Å². The molecule has 1 aromatic rings. The van der Waals surface area contributed by atoms with Crippen molar-refractivity contribution in [3.63, 3.8) is 0 Å². The zero-order valence-electron chi connectivity index (χ0n) is 11.2. The third-order valence-electron chi connectivity index (χ3n) is 2.59. The van der Waals surface area contributed by atoms with E-state index in [1.807, 2.05) is 37.9 Å². The summed E-state index contributed by atoms with van der Waals surface area (Å²) in [6, 6.07) is 3.65. The molecule has 0 aliphatic carbocycles. The highest BCUT2D eigenvalue weighted by Crippen LogP contribution is 2.28. The van der Waals surface area contributed by atoms with E-state index in [0.717, 1.165) is 16.8 Å². The Kier molecular flexibility index (Phi) is 4.61. The summed E-state index contributed by atoms with van der Waals surface area (Å²) in [5.41, 5.74) is 3.11. The smallest absolute Gasteiger partial charge is 0.410 e. The molecule has 1 amide bonds. The number of nitrogens with one attached hydrogen (secondary N) is 1. The molecular weight excluding hydrogens is 228 g/mol. The summed E-state index contributed by atoms with van der Waals surface area (Å²) >= 11 is 0. The van der Waals surface area contributed by atoms with Crippen LogP contribution in [0, 0.1) is 26.2 Å². The molecule has 0 atom stereocenters. The summed E-state index contributed by atoms with van der Waals surface area (Å²) in [7, 11) is 3.46. The highest BCUT2D eigenvalue weighted by Gasteiger charge is 2.11. The Bertz CT molecular complexity index is 466. The van der Waals surface area contributed by atoms with E-state index in [-0.39, 0.29) is 0 Å². The van der Waals surface area contributed by atoms with Gasteiger partial charge in [-0.25, -0.2) is 4.79 Å². The van der Waals surface area contributed by atoms with E-state index in [1.165, 1.54) is 7.05 Å². The lowest BCUT2D eigenvalue weighted by atomic mass is 10.1. The van der Waals surface area contributed by atoms with E-state index >= 15 is 0 Å². The number of nitrogens with zero attached hydrogens (tertiary/aromatic N) is 1. The molecule has 1 N–H and O–H groups in total. The molecule has 0 aliphatic heterocycles. The predicted octanol–water partition coefficient (Wildman–Crippen LogP) is 2.09. The van der Waals surface area contributed by atoms with Crippen LogP contribution in [0.4, 0.5) is 10.5 Å². The van der Waals surface area contributed by atoms with E-state index in [4.69, 9.17) is 11.2 Å². The quantitative estimate of drug-likeness (QED) is 0.830. The number of amides is 1. The number of hydrogen-bond acceptors (Lipinski definition) is 3. The van der Waals surface area contributed by atoms with Crippen LogP contribution in [0.15, 0.2) is 12.1 Å². The normalized spacial score (nSPS) is 9.50. The molecule has 0 radical (unpaired) electrons. The number of benzene rings is 1. The van der Waals surface area contributed by atoms with E-state index in [1.54, 1.807) is 0 Å². The van der Waals surface area contributed by atoms with Gasteiger partial charge in [0.1, 0.15) is 5.75 Å². The maximum absolute atomic E-state index is 11.2. The zero-order chi connectivity index (χ0) is 13.7. The van der Waals surface area contributed by atoms with Gasteiger partial charge in [-0.15, -0.1) is 6.42 Å². The molecule has 4 nitrogen and oxygen atoms in total. The number of carbonyl (C=O) groups is 1. The molecule has 0 unspecified atom stereocenters. The van der Waals surface area contributed by atoms with Gasteiger partial charge in [0.25, 0.3) is 0 Å². The van der Waals surface area contributed by atoms with Crippen LogP contribution in [-0.2, 0) is 0 Å². The largest absolute Gasteiger partial charge is 0.412 e. The van der Waals surface area contributed by atoms with Crippen LogP contribution in [0.2, 0.25) is 0 Å². The molecule has 0 heterocycles. The summed E-state index contributed by atoms with van der Waals surface area (Å²) in [5.74, 6) is 3.14. The van der Waals surface area contributed by atoms with Crippen LogP contribution >= 0.6 is 0 Å². The molecule has 0 spiro atoms. The second kappa shape index (κ2) is 5.97. The minimum Gasteiger partial charge on any atom is -0.410 e. The van der Waals surface area contributed by atoms with Crippen molar-refractivity contribution in [1.29, 1.82) is 0 Å². The van der Waals surface area contributed by atoms with Crippen LogP contribution in [0.5, 0.6) is 5.75 Å².